The predicted molar refractivity (Wildman–Crippen MR) is 62.6 cm³/mol. The lowest BCUT2D eigenvalue weighted by Gasteiger charge is -1.91. The van der Waals surface area contributed by atoms with Gasteiger partial charge in [-0.2, -0.15) is 5.10 Å². The molecule has 1 heterocycles. The molecule has 0 aliphatic rings. The van der Waals surface area contributed by atoms with Crippen molar-refractivity contribution in [3.63, 3.8) is 0 Å². The zero-order valence-electron chi connectivity index (χ0n) is 8.13. The van der Waals surface area contributed by atoms with E-state index in [9.17, 15) is 0 Å². The molecule has 0 radical (unpaired) electrons. The standard InChI is InChI=1S/C11H11N3S/c1-2-5-10(6-3-1)7-4-8-15-11-12-9-13-14-11/h1-7,9H,8H2,(H,12,13,14). The first-order valence-corrected chi connectivity index (χ1v) is 5.63. The summed E-state index contributed by atoms with van der Waals surface area (Å²) < 4.78 is 0. The SMILES string of the molecule is C(=Cc1ccccc1)CSc1ncn[nH]1. The second-order valence-corrected chi connectivity index (χ2v) is 3.92. The molecular weight excluding hydrogens is 206 g/mol. The number of rotatable bonds is 4. The van der Waals surface area contributed by atoms with Gasteiger partial charge >= 0.3 is 0 Å². The van der Waals surface area contributed by atoms with Gasteiger partial charge in [0.15, 0.2) is 5.16 Å². The molecular formula is C11H11N3S. The van der Waals surface area contributed by atoms with Crippen molar-refractivity contribution in [1.29, 1.82) is 0 Å². The minimum atomic E-state index is 0.854. The molecule has 15 heavy (non-hydrogen) atoms. The number of H-pyrrole nitrogens is 1. The average Bonchev–Trinajstić information content (AvgIpc) is 2.79. The molecule has 0 amide bonds. The first-order chi connectivity index (χ1) is 7.45. The van der Waals surface area contributed by atoms with Gasteiger partial charge in [-0.05, 0) is 5.56 Å². The van der Waals surface area contributed by atoms with Gasteiger partial charge in [-0.15, -0.1) is 0 Å². The van der Waals surface area contributed by atoms with Gasteiger partial charge in [-0.3, -0.25) is 5.10 Å². The Morgan fingerprint density at radius 3 is 2.87 bits per heavy atom. The minimum Gasteiger partial charge on any atom is -0.254 e. The van der Waals surface area contributed by atoms with E-state index in [1.807, 2.05) is 18.2 Å². The Kier molecular flexibility index (Phi) is 3.57. The van der Waals surface area contributed by atoms with Crippen molar-refractivity contribution in [2.75, 3.05) is 5.75 Å². The summed E-state index contributed by atoms with van der Waals surface area (Å²) in [6.07, 6.45) is 5.73. The minimum absolute atomic E-state index is 0.854. The molecule has 0 bridgehead atoms. The van der Waals surface area contributed by atoms with Crippen LogP contribution in [0.4, 0.5) is 0 Å². The average molecular weight is 217 g/mol. The quantitative estimate of drug-likeness (QED) is 0.800. The largest absolute Gasteiger partial charge is 0.254 e. The predicted octanol–water partition coefficient (Wildman–Crippen LogP) is 2.61. The number of hydrogen-bond acceptors (Lipinski definition) is 3. The highest BCUT2D eigenvalue weighted by Crippen LogP contribution is 2.11. The van der Waals surface area contributed by atoms with Crippen LogP contribution in [-0.4, -0.2) is 20.9 Å². The molecule has 1 N–H and O–H groups in total. The third-order valence-corrected chi connectivity index (χ3v) is 2.65. The van der Waals surface area contributed by atoms with Crippen molar-refractivity contribution in [3.05, 3.63) is 48.3 Å². The molecule has 0 saturated heterocycles. The van der Waals surface area contributed by atoms with Gasteiger partial charge in [0.05, 0.1) is 0 Å². The van der Waals surface area contributed by atoms with Crippen LogP contribution in [0.1, 0.15) is 5.56 Å². The third kappa shape index (κ3) is 3.25. The Balaban J connectivity index is 1.81. The Morgan fingerprint density at radius 2 is 2.13 bits per heavy atom. The van der Waals surface area contributed by atoms with Crippen molar-refractivity contribution in [2.45, 2.75) is 5.16 Å². The highest BCUT2D eigenvalue weighted by atomic mass is 32.2. The van der Waals surface area contributed by atoms with E-state index in [1.165, 1.54) is 11.9 Å². The lowest BCUT2D eigenvalue weighted by Crippen LogP contribution is -1.77. The summed E-state index contributed by atoms with van der Waals surface area (Å²) >= 11 is 1.63. The Hall–Kier alpha value is -1.55. The van der Waals surface area contributed by atoms with Crippen molar-refractivity contribution in [3.8, 4) is 0 Å². The summed E-state index contributed by atoms with van der Waals surface area (Å²) in [5, 5.41) is 7.44. The van der Waals surface area contributed by atoms with E-state index in [2.05, 4.69) is 39.5 Å². The van der Waals surface area contributed by atoms with Crippen LogP contribution in [0, 0.1) is 0 Å². The van der Waals surface area contributed by atoms with Crippen molar-refractivity contribution < 1.29 is 0 Å². The molecule has 0 spiro atoms. The van der Waals surface area contributed by atoms with E-state index in [4.69, 9.17) is 0 Å². The summed E-state index contributed by atoms with van der Waals surface area (Å²) in [6, 6.07) is 10.2. The van der Waals surface area contributed by atoms with E-state index in [-0.39, 0.29) is 0 Å². The van der Waals surface area contributed by atoms with Gasteiger partial charge in [0.1, 0.15) is 6.33 Å². The van der Waals surface area contributed by atoms with Gasteiger partial charge in [-0.1, -0.05) is 54.2 Å². The molecule has 0 fully saturated rings. The molecule has 76 valence electrons. The number of nitrogens with zero attached hydrogens (tertiary/aromatic N) is 2. The molecule has 2 aromatic rings. The fraction of sp³-hybridized carbons (Fsp3) is 0.0909. The fourth-order valence-electron chi connectivity index (χ4n) is 1.14. The van der Waals surface area contributed by atoms with Gasteiger partial charge in [0.2, 0.25) is 0 Å². The van der Waals surface area contributed by atoms with Crippen LogP contribution in [0.25, 0.3) is 6.08 Å². The van der Waals surface area contributed by atoms with Crippen LogP contribution in [0.2, 0.25) is 0 Å². The van der Waals surface area contributed by atoms with Crippen LogP contribution in [0.15, 0.2) is 47.9 Å². The highest BCUT2D eigenvalue weighted by Gasteiger charge is 1.92. The summed E-state index contributed by atoms with van der Waals surface area (Å²) in [5.41, 5.74) is 1.22. The summed E-state index contributed by atoms with van der Waals surface area (Å²) in [7, 11) is 0. The monoisotopic (exact) mass is 217 g/mol. The highest BCUT2D eigenvalue weighted by molar-refractivity contribution is 7.99. The van der Waals surface area contributed by atoms with Crippen molar-refractivity contribution >= 4 is 17.8 Å². The molecule has 0 aliphatic heterocycles. The molecule has 0 atom stereocenters. The molecule has 3 nitrogen and oxygen atoms in total. The van der Waals surface area contributed by atoms with E-state index in [0.29, 0.717) is 0 Å². The van der Waals surface area contributed by atoms with Crippen LogP contribution >= 0.6 is 11.8 Å². The van der Waals surface area contributed by atoms with Crippen LogP contribution < -0.4 is 0 Å². The number of aromatic amines is 1. The normalized spacial score (nSPS) is 10.9. The zero-order valence-corrected chi connectivity index (χ0v) is 8.95. The smallest absolute Gasteiger partial charge is 0.183 e. The zero-order chi connectivity index (χ0) is 10.3. The van der Waals surface area contributed by atoms with Crippen LogP contribution in [0.5, 0.6) is 0 Å². The molecule has 1 aromatic heterocycles. The molecule has 0 saturated carbocycles. The molecule has 1 aromatic carbocycles. The lowest BCUT2D eigenvalue weighted by molar-refractivity contribution is 0.975. The van der Waals surface area contributed by atoms with Gasteiger partial charge in [0, 0.05) is 5.75 Å². The van der Waals surface area contributed by atoms with Crippen molar-refractivity contribution in [2.24, 2.45) is 0 Å². The molecule has 0 aliphatic carbocycles. The maximum absolute atomic E-state index is 4.02. The first kappa shape index (κ1) is 9.98. The maximum atomic E-state index is 4.02. The van der Waals surface area contributed by atoms with Gasteiger partial charge < -0.3 is 0 Å². The summed E-state index contributed by atoms with van der Waals surface area (Å²) in [5.74, 6) is 0.893. The van der Waals surface area contributed by atoms with Crippen LogP contribution in [-0.2, 0) is 0 Å². The number of benzene rings is 1. The van der Waals surface area contributed by atoms with E-state index < -0.39 is 0 Å². The molecule has 4 heteroatoms. The Bertz CT molecular complexity index is 409. The van der Waals surface area contributed by atoms with Gasteiger partial charge in [-0.25, -0.2) is 4.98 Å². The number of hydrogen-bond donors (Lipinski definition) is 1. The number of aromatic nitrogens is 3. The fourth-order valence-corrected chi connectivity index (χ4v) is 1.73. The van der Waals surface area contributed by atoms with E-state index >= 15 is 0 Å². The maximum Gasteiger partial charge on any atom is 0.183 e. The summed E-state index contributed by atoms with van der Waals surface area (Å²) in [6.45, 7) is 0. The molecule has 2 rings (SSSR count). The van der Waals surface area contributed by atoms with Gasteiger partial charge in [0.25, 0.3) is 0 Å². The lowest BCUT2D eigenvalue weighted by atomic mass is 10.2. The van der Waals surface area contributed by atoms with E-state index in [0.717, 1.165) is 10.9 Å². The number of nitrogens with one attached hydrogen (secondary N) is 1. The Morgan fingerprint density at radius 1 is 1.27 bits per heavy atom. The Labute approximate surface area is 92.6 Å². The molecule has 0 unspecified atom stereocenters. The topological polar surface area (TPSA) is 41.6 Å². The first-order valence-electron chi connectivity index (χ1n) is 4.65. The van der Waals surface area contributed by atoms with Crippen molar-refractivity contribution in [1.82, 2.24) is 15.2 Å². The second-order valence-electron chi connectivity index (χ2n) is 2.91. The number of thioether (sulfide) groups is 1. The third-order valence-electron chi connectivity index (χ3n) is 1.82. The summed E-state index contributed by atoms with van der Waals surface area (Å²) in [4.78, 5) is 4.02. The second kappa shape index (κ2) is 5.36. The van der Waals surface area contributed by atoms with E-state index in [1.54, 1.807) is 11.8 Å². The van der Waals surface area contributed by atoms with Crippen LogP contribution in [0.3, 0.4) is 0 Å².